The van der Waals surface area contributed by atoms with Crippen LogP contribution in [0.2, 0.25) is 0 Å². The Morgan fingerprint density at radius 2 is 1.17 bits per heavy atom. The lowest BCUT2D eigenvalue weighted by Gasteiger charge is -2.50. The number of ether oxygens (including phenoxy) is 7. The molecule has 1 spiro atoms. The molecule has 53 heavy (non-hydrogen) atoms. The maximum absolute atomic E-state index is 11.9. The Kier molecular flexibility index (Phi) is 12.5. The topological polar surface area (TPSA) is 81.7 Å². The van der Waals surface area contributed by atoms with E-state index in [4.69, 9.17) is 33.2 Å². The third kappa shape index (κ3) is 9.19. The smallest absolute Gasteiger partial charge is 0.438 e. The SMILES string of the molecule is COC(=O)OCc1ccc2c(c1)[C@]1(OC2)SC(COCc2ccccc2)[C@H](OCc2ccccc2)[C@H](OCc2ccccc2)[C@H]1OCc1ccccc1. The molecule has 2 aliphatic rings. The average molecular weight is 733 g/mol. The first-order chi connectivity index (χ1) is 26.1. The van der Waals surface area contributed by atoms with Gasteiger partial charge in [0.15, 0.2) is 4.93 Å². The van der Waals surface area contributed by atoms with Crippen LogP contribution in [0.25, 0.3) is 0 Å². The highest BCUT2D eigenvalue weighted by Crippen LogP contribution is 2.56. The molecule has 0 radical (unpaired) electrons. The van der Waals surface area contributed by atoms with Crippen LogP contribution in [-0.2, 0) is 77.7 Å². The lowest BCUT2D eigenvalue weighted by molar-refractivity contribution is -0.207. The van der Waals surface area contributed by atoms with Gasteiger partial charge in [-0.2, -0.15) is 0 Å². The molecule has 9 heteroatoms. The number of methoxy groups -OCH3 is 1. The van der Waals surface area contributed by atoms with Gasteiger partial charge < -0.3 is 33.2 Å². The zero-order valence-corrected chi connectivity index (χ0v) is 30.5. The largest absolute Gasteiger partial charge is 0.508 e. The number of hydrogen-bond acceptors (Lipinski definition) is 9. The van der Waals surface area contributed by atoms with Crippen molar-refractivity contribution in [3.05, 3.63) is 178 Å². The molecule has 7 rings (SSSR count). The van der Waals surface area contributed by atoms with Crippen molar-refractivity contribution in [1.82, 2.24) is 0 Å². The highest BCUT2D eigenvalue weighted by Gasteiger charge is 2.60. The van der Waals surface area contributed by atoms with E-state index in [2.05, 4.69) is 54.6 Å². The van der Waals surface area contributed by atoms with Crippen molar-refractivity contribution in [3.8, 4) is 0 Å². The molecule has 5 atom stereocenters. The Labute approximate surface area is 315 Å². The van der Waals surface area contributed by atoms with Gasteiger partial charge in [-0.25, -0.2) is 4.79 Å². The first kappa shape index (κ1) is 36.9. The molecular formula is C44H44O8S. The Balaban J connectivity index is 1.29. The van der Waals surface area contributed by atoms with Crippen molar-refractivity contribution in [2.75, 3.05) is 13.7 Å². The van der Waals surface area contributed by atoms with Gasteiger partial charge in [0, 0.05) is 5.56 Å². The van der Waals surface area contributed by atoms with Crippen LogP contribution >= 0.6 is 11.8 Å². The lowest BCUT2D eigenvalue weighted by atomic mass is 9.91. The summed E-state index contributed by atoms with van der Waals surface area (Å²) < 4.78 is 44.5. The molecule has 0 saturated carbocycles. The molecule has 274 valence electrons. The van der Waals surface area contributed by atoms with Gasteiger partial charge >= 0.3 is 6.16 Å². The minimum atomic E-state index is -1.000. The van der Waals surface area contributed by atoms with Crippen LogP contribution < -0.4 is 0 Å². The minimum Gasteiger partial charge on any atom is -0.438 e. The lowest BCUT2D eigenvalue weighted by Crippen LogP contribution is -2.61. The van der Waals surface area contributed by atoms with Crippen molar-refractivity contribution in [2.45, 2.75) is 68.1 Å². The number of carbonyl (C=O) groups excluding carboxylic acids is 1. The monoisotopic (exact) mass is 732 g/mol. The third-order valence-electron chi connectivity index (χ3n) is 9.44. The summed E-state index contributed by atoms with van der Waals surface area (Å²) in [4.78, 5) is 10.9. The van der Waals surface area contributed by atoms with Crippen molar-refractivity contribution in [3.63, 3.8) is 0 Å². The summed E-state index contributed by atoms with van der Waals surface area (Å²) in [6, 6.07) is 46.6. The van der Waals surface area contributed by atoms with Crippen LogP contribution in [0.3, 0.4) is 0 Å². The first-order valence-corrected chi connectivity index (χ1v) is 18.7. The zero-order chi connectivity index (χ0) is 36.3. The number of carbonyl (C=O) groups is 1. The van der Waals surface area contributed by atoms with E-state index in [0.717, 1.165) is 38.9 Å². The van der Waals surface area contributed by atoms with Crippen LogP contribution in [0.4, 0.5) is 4.79 Å². The quantitative estimate of drug-likeness (QED) is 0.0982. The molecule has 5 aromatic rings. The van der Waals surface area contributed by atoms with Gasteiger partial charge in [0.25, 0.3) is 0 Å². The molecule has 2 aliphatic heterocycles. The van der Waals surface area contributed by atoms with Crippen molar-refractivity contribution >= 4 is 17.9 Å². The molecule has 8 nitrogen and oxygen atoms in total. The normalized spacial score (nSPS) is 22.0. The Morgan fingerprint density at radius 3 is 1.74 bits per heavy atom. The highest BCUT2D eigenvalue weighted by atomic mass is 32.2. The van der Waals surface area contributed by atoms with Crippen LogP contribution in [0.5, 0.6) is 0 Å². The van der Waals surface area contributed by atoms with Gasteiger partial charge in [-0.3, -0.25) is 0 Å². The van der Waals surface area contributed by atoms with Gasteiger partial charge in [0.2, 0.25) is 0 Å². The second kappa shape index (κ2) is 18.0. The van der Waals surface area contributed by atoms with E-state index in [1.165, 1.54) is 7.11 Å². The molecule has 1 fully saturated rings. The van der Waals surface area contributed by atoms with Gasteiger partial charge in [0.05, 0.1) is 52.0 Å². The van der Waals surface area contributed by atoms with Crippen LogP contribution in [0.15, 0.2) is 140 Å². The maximum atomic E-state index is 11.9. The standard InChI is InChI=1S/C44H44O8S/c1-46-43(45)51-29-36-22-23-37-30-52-44(38(37)24-36)42(50-28-35-20-12-5-13-21-35)41(49-27-34-18-10-4-11-19-34)40(48-26-33-16-8-3-9-17-33)39(53-44)31-47-25-32-14-6-2-7-15-32/h2-24,39-42H,25-31H2,1H3/t39?,40-,41-,42+,44-/m0/s1. The molecule has 1 saturated heterocycles. The number of hydrogen-bond donors (Lipinski definition) is 0. The molecule has 1 unspecified atom stereocenters. The van der Waals surface area contributed by atoms with Crippen LogP contribution in [0.1, 0.15) is 38.9 Å². The van der Waals surface area contributed by atoms with Crippen molar-refractivity contribution in [2.24, 2.45) is 0 Å². The fourth-order valence-corrected chi connectivity index (χ4v) is 8.56. The average Bonchev–Trinajstić information content (AvgIpc) is 3.57. The molecule has 0 bridgehead atoms. The Hall–Kier alpha value is -4.48. The molecular weight excluding hydrogens is 689 g/mol. The fourth-order valence-electron chi connectivity index (χ4n) is 6.80. The van der Waals surface area contributed by atoms with E-state index in [0.29, 0.717) is 39.6 Å². The first-order valence-electron chi connectivity index (χ1n) is 17.8. The number of rotatable bonds is 15. The molecule has 0 amide bonds. The molecule has 0 N–H and O–H groups in total. The molecule has 0 aromatic heterocycles. The summed E-state index contributed by atoms with van der Waals surface area (Å²) >= 11 is 1.66. The maximum Gasteiger partial charge on any atom is 0.508 e. The van der Waals surface area contributed by atoms with Gasteiger partial charge in [-0.15, -0.1) is 11.8 Å². The summed E-state index contributed by atoms with van der Waals surface area (Å²) in [5.74, 6) is 0. The van der Waals surface area contributed by atoms with Crippen LogP contribution in [0, 0.1) is 0 Å². The number of fused-ring (bicyclic) bond motifs is 2. The van der Waals surface area contributed by atoms with E-state index in [1.54, 1.807) is 11.8 Å². The predicted molar refractivity (Wildman–Crippen MR) is 203 cm³/mol. The molecule has 2 heterocycles. The fraction of sp³-hybridized carbons (Fsp3) is 0.295. The van der Waals surface area contributed by atoms with Gasteiger partial charge in [-0.05, 0) is 39.4 Å². The van der Waals surface area contributed by atoms with Crippen molar-refractivity contribution in [1.29, 1.82) is 0 Å². The Bertz CT molecular complexity index is 1880. The predicted octanol–water partition coefficient (Wildman–Crippen LogP) is 8.74. The summed E-state index contributed by atoms with van der Waals surface area (Å²) in [5.41, 5.74) is 7.00. The van der Waals surface area contributed by atoms with E-state index in [1.807, 2.05) is 84.9 Å². The van der Waals surface area contributed by atoms with Gasteiger partial charge in [0.1, 0.15) is 24.9 Å². The van der Waals surface area contributed by atoms with E-state index < -0.39 is 29.4 Å². The van der Waals surface area contributed by atoms with Crippen LogP contribution in [-0.4, -0.2) is 43.4 Å². The summed E-state index contributed by atoms with van der Waals surface area (Å²) in [5, 5.41) is -0.222. The number of benzene rings is 5. The van der Waals surface area contributed by atoms with Gasteiger partial charge in [-0.1, -0.05) is 133 Å². The molecule has 0 aliphatic carbocycles. The second-order valence-corrected chi connectivity index (χ2v) is 14.5. The summed E-state index contributed by atoms with van der Waals surface area (Å²) in [7, 11) is 1.30. The summed E-state index contributed by atoms with van der Waals surface area (Å²) in [6.45, 7) is 2.33. The van der Waals surface area contributed by atoms with E-state index in [-0.39, 0.29) is 11.9 Å². The van der Waals surface area contributed by atoms with Crippen molar-refractivity contribution < 1.29 is 38.0 Å². The van der Waals surface area contributed by atoms with E-state index >= 15 is 0 Å². The third-order valence-corrected chi connectivity index (χ3v) is 11.1. The summed E-state index contributed by atoms with van der Waals surface area (Å²) in [6.07, 6.45) is -2.36. The minimum absolute atomic E-state index is 0.0522. The second-order valence-electron chi connectivity index (χ2n) is 13.1. The highest BCUT2D eigenvalue weighted by molar-refractivity contribution is 8.00. The zero-order valence-electron chi connectivity index (χ0n) is 29.7. The molecule has 5 aromatic carbocycles. The number of thioether (sulfide) groups is 1. The Morgan fingerprint density at radius 1 is 0.642 bits per heavy atom. The van der Waals surface area contributed by atoms with E-state index in [9.17, 15) is 4.79 Å².